The Bertz CT molecular complexity index is 1230. The van der Waals surface area contributed by atoms with E-state index in [0.29, 0.717) is 37.6 Å². The number of nitrogens with one attached hydrogen (secondary N) is 1. The van der Waals surface area contributed by atoms with Gasteiger partial charge in [-0.15, -0.1) is 0 Å². The van der Waals surface area contributed by atoms with Gasteiger partial charge in [-0.25, -0.2) is 4.98 Å². The van der Waals surface area contributed by atoms with Crippen LogP contribution in [0.3, 0.4) is 0 Å². The molecule has 3 aliphatic rings. The average Bonchev–Trinajstić information content (AvgIpc) is 3.21. The van der Waals surface area contributed by atoms with Crippen molar-refractivity contribution in [3.8, 4) is 11.3 Å². The number of carbonyl (C=O) groups is 1. The topological polar surface area (TPSA) is 88.9 Å². The predicted molar refractivity (Wildman–Crippen MR) is 135 cm³/mol. The molecule has 3 aromatic rings. The Labute approximate surface area is 210 Å². The molecule has 4 atom stereocenters. The van der Waals surface area contributed by atoms with Crippen molar-refractivity contribution in [1.29, 1.82) is 0 Å². The summed E-state index contributed by atoms with van der Waals surface area (Å²) in [7, 11) is 1.61. The number of nitrogens with zero attached hydrogens (tertiary/aromatic N) is 3. The minimum absolute atomic E-state index is 0.0168. The number of imidazole rings is 1. The van der Waals surface area contributed by atoms with Gasteiger partial charge in [0, 0.05) is 51.4 Å². The molecule has 2 aromatic carbocycles. The van der Waals surface area contributed by atoms with Crippen LogP contribution < -0.4 is 5.32 Å². The second kappa shape index (κ2) is 9.12. The lowest BCUT2D eigenvalue weighted by molar-refractivity contribution is -0.0319. The van der Waals surface area contributed by atoms with Crippen molar-refractivity contribution in [2.75, 3.05) is 40.0 Å². The molecule has 2 saturated heterocycles. The summed E-state index contributed by atoms with van der Waals surface area (Å²) in [5.74, 6) is -0.0960. The van der Waals surface area contributed by atoms with Crippen molar-refractivity contribution >= 4 is 5.91 Å². The Morgan fingerprint density at radius 3 is 2.69 bits per heavy atom. The molecule has 6 rings (SSSR count). The van der Waals surface area contributed by atoms with Crippen LogP contribution in [0.4, 0.5) is 0 Å². The highest BCUT2D eigenvalue weighted by Gasteiger charge is 2.80. The molecule has 1 saturated carbocycles. The molecule has 1 aliphatic carbocycles. The SMILES string of the molecule is COC1C2(n3cnc(C(=O)N4CCNC[C@H]4Cc4ccccc4)c3-c3ccccc3)COCC[C@@]12O. The lowest BCUT2D eigenvalue weighted by atomic mass is 10.0. The molecule has 2 aliphatic heterocycles. The third-order valence-electron chi connectivity index (χ3n) is 8.09. The lowest BCUT2D eigenvalue weighted by Crippen LogP contribution is -2.54. The minimum atomic E-state index is -1.06. The van der Waals surface area contributed by atoms with Gasteiger partial charge in [-0.3, -0.25) is 4.79 Å². The molecule has 3 fully saturated rings. The van der Waals surface area contributed by atoms with E-state index in [0.717, 1.165) is 25.1 Å². The first kappa shape index (κ1) is 23.4. The number of benzene rings is 2. The van der Waals surface area contributed by atoms with Gasteiger partial charge in [-0.2, -0.15) is 0 Å². The van der Waals surface area contributed by atoms with Crippen LogP contribution in [0.5, 0.6) is 0 Å². The molecule has 36 heavy (non-hydrogen) atoms. The number of methoxy groups -OCH3 is 1. The molecule has 3 heterocycles. The summed E-state index contributed by atoms with van der Waals surface area (Å²) in [4.78, 5) is 20.8. The van der Waals surface area contributed by atoms with Crippen LogP contribution in [-0.2, 0) is 21.4 Å². The van der Waals surface area contributed by atoms with Gasteiger partial charge in [0.25, 0.3) is 5.91 Å². The van der Waals surface area contributed by atoms with Gasteiger partial charge >= 0.3 is 0 Å². The van der Waals surface area contributed by atoms with Crippen LogP contribution in [0.25, 0.3) is 11.3 Å². The Kier molecular flexibility index (Phi) is 5.92. The zero-order valence-electron chi connectivity index (χ0n) is 20.5. The largest absolute Gasteiger partial charge is 0.384 e. The van der Waals surface area contributed by atoms with Crippen molar-refractivity contribution in [2.45, 2.75) is 36.1 Å². The van der Waals surface area contributed by atoms with E-state index < -0.39 is 17.2 Å². The third kappa shape index (κ3) is 3.51. The molecule has 8 heteroatoms. The normalized spacial score (nSPS) is 29.6. The summed E-state index contributed by atoms with van der Waals surface area (Å²) in [6.45, 7) is 2.85. The average molecular weight is 489 g/mol. The molecule has 2 unspecified atom stereocenters. The molecule has 1 amide bonds. The number of piperazine rings is 1. The van der Waals surface area contributed by atoms with Crippen LogP contribution in [-0.4, -0.2) is 83.2 Å². The second-order valence-electron chi connectivity index (χ2n) is 9.99. The van der Waals surface area contributed by atoms with Crippen molar-refractivity contribution in [2.24, 2.45) is 0 Å². The van der Waals surface area contributed by atoms with Crippen LogP contribution in [0.1, 0.15) is 22.5 Å². The maximum Gasteiger partial charge on any atom is 0.275 e. The molecular formula is C28H32N4O4. The molecule has 2 N–H and O–H groups in total. The van der Waals surface area contributed by atoms with Crippen LogP contribution in [0.15, 0.2) is 67.0 Å². The zero-order valence-corrected chi connectivity index (χ0v) is 20.5. The number of amides is 1. The number of carbonyl (C=O) groups excluding carboxylic acids is 1. The minimum Gasteiger partial charge on any atom is -0.384 e. The summed E-state index contributed by atoms with van der Waals surface area (Å²) >= 11 is 0. The summed E-state index contributed by atoms with van der Waals surface area (Å²) in [5, 5.41) is 15.0. The third-order valence-corrected chi connectivity index (χ3v) is 8.09. The van der Waals surface area contributed by atoms with Gasteiger partial charge in [0.1, 0.15) is 17.2 Å². The molecule has 1 aromatic heterocycles. The van der Waals surface area contributed by atoms with Crippen LogP contribution in [0, 0.1) is 0 Å². The highest BCUT2D eigenvalue weighted by atomic mass is 16.5. The Morgan fingerprint density at radius 1 is 1.19 bits per heavy atom. The van der Waals surface area contributed by atoms with Crippen LogP contribution in [0.2, 0.25) is 0 Å². The lowest BCUT2D eigenvalue weighted by Gasteiger charge is -2.36. The number of aromatic nitrogens is 2. The van der Waals surface area contributed by atoms with E-state index >= 15 is 0 Å². The predicted octanol–water partition coefficient (Wildman–Crippen LogP) is 2.08. The maximum absolute atomic E-state index is 14.1. The first-order valence-electron chi connectivity index (χ1n) is 12.6. The smallest absolute Gasteiger partial charge is 0.275 e. The fourth-order valence-electron chi connectivity index (χ4n) is 6.24. The van der Waals surface area contributed by atoms with E-state index in [1.54, 1.807) is 13.4 Å². The van der Waals surface area contributed by atoms with Gasteiger partial charge < -0.3 is 29.4 Å². The molecule has 0 radical (unpaired) electrons. The summed E-state index contributed by atoms with van der Waals surface area (Å²) in [6.07, 6.45) is 2.49. The molecule has 188 valence electrons. The van der Waals surface area contributed by atoms with E-state index in [4.69, 9.17) is 9.47 Å². The van der Waals surface area contributed by atoms with Gasteiger partial charge in [-0.05, 0) is 12.0 Å². The molecule has 0 spiro atoms. The Balaban J connectivity index is 1.41. The van der Waals surface area contributed by atoms with E-state index in [1.165, 1.54) is 5.56 Å². The number of aliphatic hydroxyl groups is 1. The number of rotatable bonds is 6. The fourth-order valence-corrected chi connectivity index (χ4v) is 6.24. The molecule has 0 bridgehead atoms. The maximum atomic E-state index is 14.1. The number of hydrogen-bond acceptors (Lipinski definition) is 6. The zero-order chi connectivity index (χ0) is 24.8. The van der Waals surface area contributed by atoms with Gasteiger partial charge in [-0.1, -0.05) is 60.7 Å². The number of hydrogen-bond donors (Lipinski definition) is 2. The van der Waals surface area contributed by atoms with Gasteiger partial charge in [0.2, 0.25) is 0 Å². The first-order valence-corrected chi connectivity index (χ1v) is 12.6. The Morgan fingerprint density at radius 2 is 1.94 bits per heavy atom. The number of fused-ring (bicyclic) bond motifs is 1. The highest BCUT2D eigenvalue weighted by Crippen LogP contribution is 2.61. The van der Waals surface area contributed by atoms with Gasteiger partial charge in [0.05, 0.1) is 18.6 Å². The summed E-state index contributed by atoms with van der Waals surface area (Å²) < 4.78 is 13.5. The van der Waals surface area contributed by atoms with Crippen molar-refractivity contribution in [3.05, 3.63) is 78.2 Å². The van der Waals surface area contributed by atoms with Crippen molar-refractivity contribution in [1.82, 2.24) is 19.8 Å². The Hall–Kier alpha value is -3.04. The monoisotopic (exact) mass is 488 g/mol. The van der Waals surface area contributed by atoms with Crippen LogP contribution >= 0.6 is 0 Å². The number of ether oxygens (including phenoxy) is 2. The fraction of sp³-hybridized carbons (Fsp3) is 0.429. The molecular weight excluding hydrogens is 456 g/mol. The van der Waals surface area contributed by atoms with E-state index in [1.807, 2.05) is 58.0 Å². The molecule has 8 nitrogen and oxygen atoms in total. The van der Waals surface area contributed by atoms with E-state index in [9.17, 15) is 9.90 Å². The van der Waals surface area contributed by atoms with E-state index in [-0.39, 0.29) is 11.9 Å². The quantitative estimate of drug-likeness (QED) is 0.553. The van der Waals surface area contributed by atoms with Crippen molar-refractivity contribution < 1.29 is 19.4 Å². The standard InChI is InChI=1S/C28H32N4O4/c1-35-26-27(18-36-15-12-28(26,27)34)32-19-30-23(24(32)21-10-6-3-7-11-21)25(33)31-14-13-29-17-22(31)16-20-8-4-2-5-9-20/h2-11,19,22,26,29,34H,12-18H2,1H3/t22-,26?,27?,28-/m1/s1. The van der Waals surface area contributed by atoms with Crippen molar-refractivity contribution in [3.63, 3.8) is 0 Å². The van der Waals surface area contributed by atoms with Gasteiger partial charge in [0.15, 0.2) is 5.69 Å². The summed E-state index contributed by atoms with van der Waals surface area (Å²) in [5.41, 5.74) is 1.28. The first-order chi connectivity index (χ1) is 17.6. The van der Waals surface area contributed by atoms with E-state index in [2.05, 4.69) is 22.4 Å². The summed E-state index contributed by atoms with van der Waals surface area (Å²) in [6, 6.07) is 20.1. The second-order valence-corrected chi connectivity index (χ2v) is 9.99. The highest BCUT2D eigenvalue weighted by molar-refractivity contribution is 5.98.